The summed E-state index contributed by atoms with van der Waals surface area (Å²) in [6.07, 6.45) is 2.39. The molecule has 5 heteroatoms. The topological polar surface area (TPSA) is 55.8 Å². The van der Waals surface area contributed by atoms with E-state index in [2.05, 4.69) is 11.8 Å². The van der Waals surface area contributed by atoms with Gasteiger partial charge >= 0.3 is 11.9 Å². The first-order chi connectivity index (χ1) is 12.0. The van der Waals surface area contributed by atoms with E-state index in [1.54, 1.807) is 19.9 Å². The van der Waals surface area contributed by atoms with Gasteiger partial charge in [-0.05, 0) is 46.2 Å². The van der Waals surface area contributed by atoms with Gasteiger partial charge in [0.05, 0.1) is 24.4 Å². The number of hydrogen-bond donors (Lipinski definition) is 0. The maximum Gasteiger partial charge on any atom is 0.340 e. The largest absolute Gasteiger partial charge is 0.462 e. The highest BCUT2D eigenvalue weighted by molar-refractivity contribution is 6.08. The number of allylic oxidation sites excluding steroid dienone is 1. The Kier molecular flexibility index (Phi) is 6.39. The van der Waals surface area contributed by atoms with Gasteiger partial charge in [0, 0.05) is 17.4 Å². The SMILES string of the molecule is CCOC(=O)C1=CCC(C)N(c2ccccc2)C(C)=C1C(=O)OCC. The molecule has 1 aromatic rings. The predicted molar refractivity (Wildman–Crippen MR) is 97.0 cm³/mol. The van der Waals surface area contributed by atoms with Gasteiger partial charge in [-0.1, -0.05) is 24.3 Å². The molecular weight excluding hydrogens is 318 g/mol. The second-order valence-corrected chi connectivity index (χ2v) is 5.81. The Bertz CT molecular complexity index is 691. The van der Waals surface area contributed by atoms with Gasteiger partial charge in [-0.3, -0.25) is 0 Å². The molecule has 2 rings (SSSR count). The number of hydrogen-bond acceptors (Lipinski definition) is 5. The summed E-state index contributed by atoms with van der Waals surface area (Å²) in [5.74, 6) is -0.999. The first-order valence-electron chi connectivity index (χ1n) is 8.61. The fourth-order valence-electron chi connectivity index (χ4n) is 3.03. The highest BCUT2D eigenvalue weighted by Gasteiger charge is 2.32. The van der Waals surface area contributed by atoms with Crippen LogP contribution in [0, 0.1) is 0 Å². The first-order valence-corrected chi connectivity index (χ1v) is 8.61. The average Bonchev–Trinajstić information content (AvgIpc) is 2.72. The Morgan fingerprint density at radius 3 is 2.28 bits per heavy atom. The second-order valence-electron chi connectivity index (χ2n) is 5.81. The lowest BCUT2D eigenvalue weighted by Crippen LogP contribution is -2.32. The summed E-state index contributed by atoms with van der Waals surface area (Å²) in [5, 5.41) is 0. The Balaban J connectivity index is 2.58. The quantitative estimate of drug-likeness (QED) is 0.765. The predicted octanol–water partition coefficient (Wildman–Crippen LogP) is 3.61. The van der Waals surface area contributed by atoms with E-state index in [0.29, 0.717) is 12.1 Å². The summed E-state index contributed by atoms with van der Waals surface area (Å²) in [5.41, 5.74) is 2.21. The van der Waals surface area contributed by atoms with E-state index < -0.39 is 11.9 Å². The Hall–Kier alpha value is -2.56. The van der Waals surface area contributed by atoms with Gasteiger partial charge in [0.2, 0.25) is 0 Å². The molecule has 0 amide bonds. The van der Waals surface area contributed by atoms with Gasteiger partial charge in [0.1, 0.15) is 0 Å². The minimum atomic E-state index is -0.505. The summed E-state index contributed by atoms with van der Waals surface area (Å²) in [7, 11) is 0. The molecule has 134 valence electrons. The maximum atomic E-state index is 12.6. The minimum absolute atomic E-state index is 0.0822. The number of rotatable bonds is 5. The fourth-order valence-corrected chi connectivity index (χ4v) is 3.03. The summed E-state index contributed by atoms with van der Waals surface area (Å²) < 4.78 is 10.4. The third kappa shape index (κ3) is 4.10. The number of nitrogens with zero attached hydrogens (tertiary/aromatic N) is 1. The van der Waals surface area contributed by atoms with Crippen LogP contribution in [-0.2, 0) is 19.1 Å². The number of carbonyl (C=O) groups is 2. The van der Waals surface area contributed by atoms with E-state index in [0.717, 1.165) is 5.69 Å². The first kappa shape index (κ1) is 18.8. The smallest absolute Gasteiger partial charge is 0.340 e. The van der Waals surface area contributed by atoms with Gasteiger partial charge < -0.3 is 14.4 Å². The van der Waals surface area contributed by atoms with Crippen molar-refractivity contribution >= 4 is 17.6 Å². The zero-order valence-electron chi connectivity index (χ0n) is 15.2. The van der Waals surface area contributed by atoms with Crippen LogP contribution in [0.15, 0.2) is 53.3 Å². The number of ether oxygens (including phenoxy) is 2. The molecule has 1 atom stereocenters. The molecular formula is C20H25NO4. The van der Waals surface area contributed by atoms with Gasteiger partial charge in [-0.2, -0.15) is 0 Å². The van der Waals surface area contributed by atoms with Crippen molar-refractivity contribution in [3.63, 3.8) is 0 Å². The molecule has 0 saturated carbocycles. The van der Waals surface area contributed by atoms with Crippen LogP contribution in [0.4, 0.5) is 5.69 Å². The maximum absolute atomic E-state index is 12.6. The molecule has 0 saturated heterocycles. The third-order valence-electron chi connectivity index (χ3n) is 4.11. The van der Waals surface area contributed by atoms with Gasteiger partial charge in [-0.25, -0.2) is 9.59 Å². The zero-order valence-corrected chi connectivity index (χ0v) is 15.2. The van der Waals surface area contributed by atoms with E-state index in [-0.39, 0.29) is 30.4 Å². The standard InChI is InChI=1S/C20H25NO4/c1-5-24-19(22)17-13-12-14(3)21(16-10-8-7-9-11-16)15(4)18(17)20(23)25-6-2/h7-11,13-14H,5-6,12H2,1-4H3. The van der Waals surface area contributed by atoms with E-state index in [1.807, 2.05) is 37.3 Å². The number of esters is 2. The number of benzene rings is 1. The van der Waals surface area contributed by atoms with Crippen molar-refractivity contribution < 1.29 is 19.1 Å². The van der Waals surface area contributed by atoms with E-state index in [1.165, 1.54) is 0 Å². The number of carbonyl (C=O) groups excluding carboxylic acids is 2. The molecule has 0 spiro atoms. The summed E-state index contributed by atoms with van der Waals surface area (Å²) in [4.78, 5) is 27.1. The molecule has 5 nitrogen and oxygen atoms in total. The molecule has 0 aromatic heterocycles. The summed E-state index contributed by atoms with van der Waals surface area (Å²) in [6, 6.07) is 9.89. The van der Waals surface area contributed by atoms with Crippen molar-refractivity contribution in [1.29, 1.82) is 0 Å². The highest BCUT2D eigenvalue weighted by atomic mass is 16.5. The normalized spacial score (nSPS) is 17.7. The van der Waals surface area contributed by atoms with Gasteiger partial charge in [-0.15, -0.1) is 0 Å². The van der Waals surface area contributed by atoms with Crippen molar-refractivity contribution in [1.82, 2.24) is 0 Å². The van der Waals surface area contributed by atoms with Crippen molar-refractivity contribution in [3.05, 3.63) is 53.3 Å². The van der Waals surface area contributed by atoms with Crippen LogP contribution in [0.1, 0.15) is 34.1 Å². The van der Waals surface area contributed by atoms with Crippen molar-refractivity contribution in [3.8, 4) is 0 Å². The van der Waals surface area contributed by atoms with Crippen LogP contribution in [0.5, 0.6) is 0 Å². The monoisotopic (exact) mass is 343 g/mol. The van der Waals surface area contributed by atoms with Crippen LogP contribution in [0.2, 0.25) is 0 Å². The van der Waals surface area contributed by atoms with E-state index in [4.69, 9.17) is 9.47 Å². The molecule has 0 bridgehead atoms. The average molecular weight is 343 g/mol. The van der Waals surface area contributed by atoms with Crippen LogP contribution in [0.3, 0.4) is 0 Å². The summed E-state index contributed by atoms with van der Waals surface area (Å²) in [6.45, 7) is 7.89. The minimum Gasteiger partial charge on any atom is -0.462 e. The molecule has 0 N–H and O–H groups in total. The molecule has 0 radical (unpaired) electrons. The highest BCUT2D eigenvalue weighted by Crippen LogP contribution is 2.32. The van der Waals surface area contributed by atoms with Crippen molar-refractivity contribution in [2.75, 3.05) is 18.1 Å². The fraction of sp³-hybridized carbons (Fsp3) is 0.400. The van der Waals surface area contributed by atoms with Gasteiger partial charge in [0.25, 0.3) is 0 Å². The van der Waals surface area contributed by atoms with E-state index in [9.17, 15) is 9.59 Å². The Morgan fingerprint density at radius 1 is 1.08 bits per heavy atom. The van der Waals surface area contributed by atoms with Crippen LogP contribution >= 0.6 is 0 Å². The number of anilines is 1. The third-order valence-corrected chi connectivity index (χ3v) is 4.11. The molecule has 1 aromatic carbocycles. The van der Waals surface area contributed by atoms with Crippen LogP contribution in [0.25, 0.3) is 0 Å². The number of para-hydroxylation sites is 1. The lowest BCUT2D eigenvalue weighted by atomic mass is 10.0. The molecule has 1 aliphatic rings. The van der Waals surface area contributed by atoms with E-state index >= 15 is 0 Å². The van der Waals surface area contributed by atoms with Crippen LogP contribution < -0.4 is 4.90 Å². The lowest BCUT2D eigenvalue weighted by Gasteiger charge is -2.31. The lowest BCUT2D eigenvalue weighted by molar-refractivity contribution is -0.142. The van der Waals surface area contributed by atoms with Crippen molar-refractivity contribution in [2.45, 2.75) is 40.2 Å². The summed E-state index contributed by atoms with van der Waals surface area (Å²) >= 11 is 0. The molecule has 1 aliphatic heterocycles. The molecule has 0 aliphatic carbocycles. The van der Waals surface area contributed by atoms with Crippen LogP contribution in [-0.4, -0.2) is 31.2 Å². The second kappa shape index (κ2) is 8.51. The van der Waals surface area contributed by atoms with Gasteiger partial charge in [0.15, 0.2) is 0 Å². The molecule has 1 heterocycles. The molecule has 0 fully saturated rings. The molecule has 25 heavy (non-hydrogen) atoms. The van der Waals surface area contributed by atoms with Crippen molar-refractivity contribution in [2.24, 2.45) is 0 Å². The molecule has 1 unspecified atom stereocenters. The Labute approximate surface area is 148 Å². The Morgan fingerprint density at radius 2 is 1.68 bits per heavy atom. The zero-order chi connectivity index (χ0) is 18.4.